The van der Waals surface area contributed by atoms with Crippen LogP contribution in [0.2, 0.25) is 0 Å². The van der Waals surface area contributed by atoms with Crippen molar-refractivity contribution in [2.24, 2.45) is 11.8 Å². The molecule has 1 aromatic rings. The molecule has 0 aliphatic rings. The summed E-state index contributed by atoms with van der Waals surface area (Å²) in [6, 6.07) is 9.82. The second-order valence-electron chi connectivity index (χ2n) is 4.58. The van der Waals surface area contributed by atoms with Crippen molar-refractivity contribution in [2.75, 3.05) is 6.61 Å². The Morgan fingerprint density at radius 3 is 2.50 bits per heavy atom. The van der Waals surface area contributed by atoms with Crippen LogP contribution in [0.1, 0.15) is 19.4 Å². The van der Waals surface area contributed by atoms with Gasteiger partial charge in [0.15, 0.2) is 0 Å². The van der Waals surface area contributed by atoms with Crippen LogP contribution in [0.4, 0.5) is 0 Å². The van der Waals surface area contributed by atoms with Gasteiger partial charge in [0.2, 0.25) is 0 Å². The molecule has 3 heteroatoms. The third-order valence-electron chi connectivity index (χ3n) is 3.04. The van der Waals surface area contributed by atoms with Crippen LogP contribution in [-0.4, -0.2) is 17.7 Å². The Labute approximate surface area is 108 Å². The molecule has 0 radical (unpaired) electrons. The van der Waals surface area contributed by atoms with E-state index in [0.717, 1.165) is 11.1 Å². The van der Waals surface area contributed by atoms with E-state index in [0.29, 0.717) is 13.2 Å². The first-order valence-corrected chi connectivity index (χ1v) is 6.02. The molecule has 0 aliphatic carbocycles. The average molecular weight is 248 g/mol. The summed E-state index contributed by atoms with van der Waals surface area (Å²) in [6.45, 7) is 8.26. The first-order chi connectivity index (χ1) is 8.52. The molecule has 0 bridgehead atoms. The van der Waals surface area contributed by atoms with E-state index in [1.165, 1.54) is 0 Å². The van der Waals surface area contributed by atoms with Crippen LogP contribution < -0.4 is 0 Å². The highest BCUT2D eigenvalue weighted by Crippen LogP contribution is 2.20. The molecule has 0 saturated carbocycles. The highest BCUT2D eigenvalue weighted by molar-refractivity contribution is 5.70. The van der Waals surface area contributed by atoms with Crippen molar-refractivity contribution < 1.29 is 14.6 Å². The lowest BCUT2D eigenvalue weighted by Gasteiger charge is -2.21. The zero-order valence-electron chi connectivity index (χ0n) is 10.9. The minimum Gasteiger partial charge on any atom is -0.481 e. The number of aliphatic carboxylic acids is 1. The molecule has 0 amide bonds. The quantitative estimate of drug-likeness (QED) is 0.754. The van der Waals surface area contributed by atoms with Gasteiger partial charge >= 0.3 is 5.97 Å². The summed E-state index contributed by atoms with van der Waals surface area (Å²) in [5.74, 6) is -1.43. The fourth-order valence-electron chi connectivity index (χ4n) is 1.76. The first-order valence-electron chi connectivity index (χ1n) is 6.02. The molecule has 0 unspecified atom stereocenters. The maximum atomic E-state index is 11.0. The monoisotopic (exact) mass is 248 g/mol. The van der Waals surface area contributed by atoms with E-state index in [9.17, 15) is 4.79 Å². The van der Waals surface area contributed by atoms with Crippen LogP contribution >= 0.6 is 0 Å². The third kappa shape index (κ3) is 4.34. The lowest BCUT2D eigenvalue weighted by molar-refractivity contribution is -0.143. The summed E-state index contributed by atoms with van der Waals surface area (Å²) in [5, 5.41) is 9.02. The molecule has 98 valence electrons. The number of ether oxygens (including phenoxy) is 1. The lowest BCUT2D eigenvalue weighted by atomic mass is 9.89. The van der Waals surface area contributed by atoms with Gasteiger partial charge in [-0.2, -0.15) is 0 Å². The van der Waals surface area contributed by atoms with Gasteiger partial charge in [-0.05, 0) is 12.5 Å². The van der Waals surface area contributed by atoms with Crippen molar-refractivity contribution >= 4 is 5.97 Å². The maximum Gasteiger partial charge on any atom is 0.306 e. The SMILES string of the molecule is C=C(C)[C@@H](COCc1ccccc1)[C@H](C)C(=O)O. The van der Waals surface area contributed by atoms with E-state index < -0.39 is 11.9 Å². The van der Waals surface area contributed by atoms with Gasteiger partial charge in [-0.1, -0.05) is 49.4 Å². The molecular weight excluding hydrogens is 228 g/mol. The van der Waals surface area contributed by atoms with Crippen molar-refractivity contribution in [1.82, 2.24) is 0 Å². The van der Waals surface area contributed by atoms with Gasteiger partial charge in [0.05, 0.1) is 19.1 Å². The Balaban J connectivity index is 2.48. The highest BCUT2D eigenvalue weighted by atomic mass is 16.5. The van der Waals surface area contributed by atoms with Crippen LogP contribution in [0.15, 0.2) is 42.5 Å². The normalized spacial score (nSPS) is 13.9. The van der Waals surface area contributed by atoms with Crippen LogP contribution in [0.3, 0.4) is 0 Å². The van der Waals surface area contributed by atoms with E-state index in [1.807, 2.05) is 37.3 Å². The van der Waals surface area contributed by atoms with Crippen molar-refractivity contribution in [2.45, 2.75) is 20.5 Å². The van der Waals surface area contributed by atoms with Gasteiger partial charge in [0, 0.05) is 5.92 Å². The predicted octanol–water partition coefficient (Wildman–Crippen LogP) is 3.12. The van der Waals surface area contributed by atoms with Crippen LogP contribution in [0.25, 0.3) is 0 Å². The second-order valence-corrected chi connectivity index (χ2v) is 4.58. The fraction of sp³-hybridized carbons (Fsp3) is 0.400. The summed E-state index contributed by atoms with van der Waals surface area (Å²) in [4.78, 5) is 11.0. The zero-order chi connectivity index (χ0) is 13.5. The largest absolute Gasteiger partial charge is 0.481 e. The van der Waals surface area contributed by atoms with Gasteiger partial charge in [-0.15, -0.1) is 0 Å². The van der Waals surface area contributed by atoms with Crippen molar-refractivity contribution in [3.63, 3.8) is 0 Å². The third-order valence-corrected chi connectivity index (χ3v) is 3.04. The smallest absolute Gasteiger partial charge is 0.306 e. The highest BCUT2D eigenvalue weighted by Gasteiger charge is 2.24. The molecule has 2 atom stereocenters. The van der Waals surface area contributed by atoms with Crippen molar-refractivity contribution in [1.29, 1.82) is 0 Å². The summed E-state index contributed by atoms with van der Waals surface area (Å²) in [6.07, 6.45) is 0. The van der Waals surface area contributed by atoms with Gasteiger partial charge < -0.3 is 9.84 Å². The molecule has 0 aromatic heterocycles. The van der Waals surface area contributed by atoms with E-state index in [-0.39, 0.29) is 5.92 Å². The summed E-state index contributed by atoms with van der Waals surface area (Å²) in [5.41, 5.74) is 1.93. The molecule has 1 aromatic carbocycles. The van der Waals surface area contributed by atoms with Crippen LogP contribution in [0, 0.1) is 11.8 Å². The maximum absolute atomic E-state index is 11.0. The predicted molar refractivity (Wildman–Crippen MR) is 71.2 cm³/mol. The molecule has 18 heavy (non-hydrogen) atoms. The number of carboxylic acid groups (broad SMARTS) is 1. The minimum absolute atomic E-state index is 0.147. The number of hydrogen-bond acceptors (Lipinski definition) is 2. The molecule has 0 spiro atoms. The summed E-state index contributed by atoms with van der Waals surface area (Å²) >= 11 is 0. The van der Waals surface area contributed by atoms with Gasteiger partial charge in [-0.3, -0.25) is 4.79 Å². The van der Waals surface area contributed by atoms with E-state index in [4.69, 9.17) is 9.84 Å². The minimum atomic E-state index is -0.814. The van der Waals surface area contributed by atoms with Gasteiger partial charge in [0.25, 0.3) is 0 Å². The average Bonchev–Trinajstić information content (AvgIpc) is 2.34. The van der Waals surface area contributed by atoms with E-state index in [2.05, 4.69) is 6.58 Å². The fourth-order valence-corrected chi connectivity index (χ4v) is 1.76. The Kier molecular flexibility index (Phi) is 5.59. The van der Waals surface area contributed by atoms with E-state index >= 15 is 0 Å². The number of hydrogen-bond donors (Lipinski definition) is 1. The molecule has 0 aliphatic heterocycles. The van der Waals surface area contributed by atoms with Crippen LogP contribution in [-0.2, 0) is 16.1 Å². The van der Waals surface area contributed by atoms with E-state index in [1.54, 1.807) is 6.92 Å². The first kappa shape index (κ1) is 14.5. The summed E-state index contributed by atoms with van der Waals surface area (Å²) < 4.78 is 5.59. The van der Waals surface area contributed by atoms with Crippen molar-refractivity contribution in [3.8, 4) is 0 Å². The number of carboxylic acids is 1. The lowest BCUT2D eigenvalue weighted by Crippen LogP contribution is -2.25. The number of carbonyl (C=O) groups is 1. The molecule has 1 N–H and O–H groups in total. The number of benzene rings is 1. The second kappa shape index (κ2) is 6.97. The Morgan fingerprint density at radius 2 is 2.00 bits per heavy atom. The Bertz CT molecular complexity index is 397. The molecule has 3 nitrogen and oxygen atoms in total. The van der Waals surface area contributed by atoms with Crippen LogP contribution in [0.5, 0.6) is 0 Å². The molecule has 0 fully saturated rings. The zero-order valence-corrected chi connectivity index (χ0v) is 10.9. The molecule has 0 saturated heterocycles. The molecule has 0 heterocycles. The molecule has 1 rings (SSSR count). The van der Waals surface area contributed by atoms with Gasteiger partial charge in [0.1, 0.15) is 0 Å². The topological polar surface area (TPSA) is 46.5 Å². The summed E-state index contributed by atoms with van der Waals surface area (Å²) in [7, 11) is 0. The standard InChI is InChI=1S/C15H20O3/c1-11(2)14(12(3)15(16)17)10-18-9-13-7-5-4-6-8-13/h4-8,12,14H,1,9-10H2,2-3H3,(H,16,17)/t12-,14+/m0/s1. The Morgan fingerprint density at radius 1 is 1.39 bits per heavy atom. The Hall–Kier alpha value is -1.61. The van der Waals surface area contributed by atoms with Gasteiger partial charge in [-0.25, -0.2) is 0 Å². The molecular formula is C15H20O3. The van der Waals surface area contributed by atoms with Crippen molar-refractivity contribution in [3.05, 3.63) is 48.0 Å². The number of rotatable bonds is 7.